The van der Waals surface area contributed by atoms with Gasteiger partial charge in [-0.15, -0.1) is 0 Å². The molecule has 2 amide bonds. The average Bonchev–Trinajstić information content (AvgIpc) is 3.54. The molecule has 2 fully saturated rings. The van der Waals surface area contributed by atoms with Crippen molar-refractivity contribution in [2.24, 2.45) is 0 Å². The molecule has 0 aromatic heterocycles. The number of carbonyl (C=O) groups excluding carboxylic acids is 2. The van der Waals surface area contributed by atoms with E-state index >= 15 is 0 Å². The molecule has 0 radical (unpaired) electrons. The van der Waals surface area contributed by atoms with E-state index in [9.17, 15) is 24.6 Å². The normalized spacial score (nSPS) is 25.6. The molecule has 2 aromatic carbocycles. The Morgan fingerprint density at radius 1 is 1.09 bits per heavy atom. The number of amides is 2. The summed E-state index contributed by atoms with van der Waals surface area (Å²) in [5.74, 6) is -1.91. The van der Waals surface area contributed by atoms with Crippen molar-refractivity contribution in [1.82, 2.24) is 10.2 Å². The van der Waals surface area contributed by atoms with Crippen molar-refractivity contribution in [1.29, 1.82) is 0 Å². The van der Waals surface area contributed by atoms with Crippen LogP contribution in [0.5, 0.6) is 0 Å². The van der Waals surface area contributed by atoms with Gasteiger partial charge in [0.25, 0.3) is 5.91 Å². The number of hydrogen-bond donors (Lipinski definition) is 3. The maximum atomic E-state index is 13.4. The van der Waals surface area contributed by atoms with E-state index in [1.165, 1.54) is 0 Å². The van der Waals surface area contributed by atoms with Crippen molar-refractivity contribution in [2.45, 2.75) is 36.4 Å². The van der Waals surface area contributed by atoms with E-state index in [4.69, 9.17) is 9.47 Å². The Morgan fingerprint density at radius 2 is 1.74 bits per heavy atom. The second-order valence-corrected chi connectivity index (χ2v) is 9.04. The van der Waals surface area contributed by atoms with Crippen molar-refractivity contribution in [3.05, 3.63) is 59.7 Å². The zero-order chi connectivity index (χ0) is 23.9. The first-order valence-electron chi connectivity index (χ1n) is 11.3. The predicted molar refractivity (Wildman–Crippen MR) is 120 cm³/mol. The van der Waals surface area contributed by atoms with Crippen LogP contribution in [0.3, 0.4) is 0 Å². The Hall–Kier alpha value is -3.43. The Bertz CT molecular complexity index is 1080. The van der Waals surface area contributed by atoms with Crippen molar-refractivity contribution >= 4 is 18.0 Å². The van der Waals surface area contributed by atoms with Gasteiger partial charge in [-0.3, -0.25) is 4.79 Å². The number of β-amino-alcohol motifs (C(OH)–C–C–N with tert-alkyl or cyclic N) is 1. The van der Waals surface area contributed by atoms with Gasteiger partial charge in [0.15, 0.2) is 0 Å². The molecule has 2 saturated heterocycles. The lowest BCUT2D eigenvalue weighted by Crippen LogP contribution is -2.62. The number of hydrogen-bond acceptors (Lipinski definition) is 6. The number of carboxylic acid groups (broad SMARTS) is 1. The fourth-order valence-corrected chi connectivity index (χ4v) is 5.26. The van der Waals surface area contributed by atoms with Crippen LogP contribution in [-0.4, -0.2) is 77.1 Å². The van der Waals surface area contributed by atoms with Crippen LogP contribution in [0.1, 0.15) is 29.9 Å². The van der Waals surface area contributed by atoms with Gasteiger partial charge >= 0.3 is 12.1 Å². The molecule has 9 nitrogen and oxygen atoms in total. The number of likely N-dealkylation sites (tertiary alicyclic amines) is 1. The standard InChI is InChI=1S/C25H26N2O7/c28-15-11-21(22(29)30)27(12-15)23(31)25(9-10-33-14-25)26-24(32)34-13-20-18-7-3-1-5-16(18)17-6-2-4-8-19(17)20/h1-8,15,20-21,28H,9-14H2,(H,26,32)(H,29,30). The predicted octanol–water partition coefficient (Wildman–Crippen LogP) is 1.73. The van der Waals surface area contributed by atoms with Gasteiger partial charge in [0, 0.05) is 31.9 Å². The quantitative estimate of drug-likeness (QED) is 0.613. The third-order valence-corrected chi connectivity index (χ3v) is 6.94. The number of nitrogens with one attached hydrogen (secondary N) is 1. The summed E-state index contributed by atoms with van der Waals surface area (Å²) in [4.78, 5) is 38.9. The second-order valence-electron chi connectivity index (χ2n) is 9.04. The molecule has 178 valence electrons. The van der Waals surface area contributed by atoms with Crippen LogP contribution in [0.15, 0.2) is 48.5 Å². The van der Waals surface area contributed by atoms with Crippen molar-refractivity contribution in [3.63, 3.8) is 0 Å². The molecule has 0 spiro atoms. The number of rotatable bonds is 5. The summed E-state index contributed by atoms with van der Waals surface area (Å²) in [5.41, 5.74) is 2.93. The SMILES string of the molecule is O=C(NC1(C(=O)N2CC(O)CC2C(=O)O)CCOC1)OCC1c2ccccc2-c2ccccc21. The summed E-state index contributed by atoms with van der Waals surface area (Å²) in [6, 6.07) is 14.8. The van der Waals surface area contributed by atoms with Gasteiger partial charge < -0.3 is 29.9 Å². The highest BCUT2D eigenvalue weighted by Crippen LogP contribution is 2.44. The third-order valence-electron chi connectivity index (χ3n) is 6.94. The zero-order valence-corrected chi connectivity index (χ0v) is 18.5. The van der Waals surface area contributed by atoms with E-state index in [0.29, 0.717) is 0 Å². The summed E-state index contributed by atoms with van der Waals surface area (Å²) >= 11 is 0. The number of ether oxygens (including phenoxy) is 2. The van der Waals surface area contributed by atoms with Crippen LogP contribution in [0.4, 0.5) is 4.79 Å². The van der Waals surface area contributed by atoms with Crippen LogP contribution >= 0.6 is 0 Å². The minimum absolute atomic E-state index is 0.0526. The van der Waals surface area contributed by atoms with Gasteiger partial charge in [0.1, 0.15) is 18.2 Å². The summed E-state index contributed by atoms with van der Waals surface area (Å²) < 4.78 is 11.0. The number of carboxylic acids is 1. The largest absolute Gasteiger partial charge is 0.480 e. The topological polar surface area (TPSA) is 125 Å². The summed E-state index contributed by atoms with van der Waals surface area (Å²) in [5, 5.41) is 22.1. The Balaban J connectivity index is 1.31. The van der Waals surface area contributed by atoms with Crippen molar-refractivity contribution in [2.75, 3.05) is 26.4 Å². The summed E-state index contributed by atoms with van der Waals surface area (Å²) in [6.45, 7) is 0.133. The second kappa shape index (κ2) is 8.73. The molecular formula is C25H26N2O7. The first-order valence-corrected chi connectivity index (χ1v) is 11.3. The molecule has 34 heavy (non-hydrogen) atoms. The number of alkyl carbamates (subject to hydrolysis) is 1. The minimum Gasteiger partial charge on any atom is -0.480 e. The van der Waals surface area contributed by atoms with Gasteiger partial charge in [-0.25, -0.2) is 9.59 Å². The number of aliphatic hydroxyl groups is 1. The molecule has 2 aliphatic heterocycles. The molecule has 9 heteroatoms. The third kappa shape index (κ3) is 3.80. The fraction of sp³-hybridized carbons (Fsp3) is 0.400. The van der Waals surface area contributed by atoms with E-state index in [-0.39, 0.29) is 45.1 Å². The number of benzene rings is 2. The van der Waals surface area contributed by atoms with Crippen LogP contribution in [0.25, 0.3) is 11.1 Å². The number of fused-ring (bicyclic) bond motifs is 3. The Labute approximate surface area is 196 Å². The molecule has 3 aliphatic rings. The lowest BCUT2D eigenvalue weighted by molar-refractivity contribution is -0.151. The summed E-state index contributed by atoms with van der Waals surface area (Å²) in [7, 11) is 0. The maximum absolute atomic E-state index is 13.4. The highest BCUT2D eigenvalue weighted by molar-refractivity contribution is 5.93. The number of nitrogens with zero attached hydrogens (tertiary/aromatic N) is 1. The van der Waals surface area contributed by atoms with Crippen LogP contribution in [0, 0.1) is 0 Å². The summed E-state index contributed by atoms with van der Waals surface area (Å²) in [6.07, 6.45) is -1.57. The minimum atomic E-state index is -1.43. The van der Waals surface area contributed by atoms with Crippen LogP contribution in [-0.2, 0) is 19.1 Å². The molecule has 2 aromatic rings. The first kappa shape index (κ1) is 22.4. The van der Waals surface area contributed by atoms with Crippen molar-refractivity contribution < 1.29 is 34.1 Å². The number of aliphatic hydroxyl groups excluding tert-OH is 1. The molecule has 0 saturated carbocycles. The van der Waals surface area contributed by atoms with E-state index < -0.39 is 35.7 Å². The number of aliphatic carboxylic acids is 1. The van der Waals surface area contributed by atoms with E-state index in [1.807, 2.05) is 48.5 Å². The Kier molecular flexibility index (Phi) is 5.75. The highest BCUT2D eigenvalue weighted by atomic mass is 16.6. The lowest BCUT2D eigenvalue weighted by atomic mass is 9.96. The smallest absolute Gasteiger partial charge is 0.408 e. The van der Waals surface area contributed by atoms with E-state index in [0.717, 1.165) is 27.2 Å². The first-order chi connectivity index (χ1) is 16.4. The van der Waals surface area contributed by atoms with Crippen molar-refractivity contribution in [3.8, 4) is 11.1 Å². The molecule has 3 N–H and O–H groups in total. The highest BCUT2D eigenvalue weighted by Gasteiger charge is 2.51. The van der Waals surface area contributed by atoms with Gasteiger partial charge in [0.2, 0.25) is 0 Å². The monoisotopic (exact) mass is 466 g/mol. The van der Waals surface area contributed by atoms with E-state index in [1.54, 1.807) is 0 Å². The van der Waals surface area contributed by atoms with Gasteiger partial charge in [-0.05, 0) is 22.3 Å². The molecule has 3 atom stereocenters. The molecule has 0 bridgehead atoms. The maximum Gasteiger partial charge on any atom is 0.408 e. The zero-order valence-electron chi connectivity index (χ0n) is 18.5. The van der Waals surface area contributed by atoms with Gasteiger partial charge in [-0.1, -0.05) is 48.5 Å². The molecule has 5 rings (SSSR count). The van der Waals surface area contributed by atoms with Gasteiger partial charge in [0.05, 0.1) is 12.7 Å². The fourth-order valence-electron chi connectivity index (χ4n) is 5.26. The average molecular weight is 466 g/mol. The van der Waals surface area contributed by atoms with Crippen LogP contribution in [0.2, 0.25) is 0 Å². The van der Waals surface area contributed by atoms with Crippen LogP contribution < -0.4 is 5.32 Å². The lowest BCUT2D eigenvalue weighted by Gasteiger charge is -2.33. The molecular weight excluding hydrogens is 440 g/mol. The van der Waals surface area contributed by atoms with Gasteiger partial charge in [-0.2, -0.15) is 0 Å². The molecule has 3 unspecified atom stereocenters. The Morgan fingerprint density at radius 3 is 2.32 bits per heavy atom. The molecule has 2 heterocycles. The number of carbonyl (C=O) groups is 3. The van der Waals surface area contributed by atoms with E-state index in [2.05, 4.69) is 5.32 Å². The molecule has 1 aliphatic carbocycles.